The summed E-state index contributed by atoms with van der Waals surface area (Å²) in [5, 5.41) is 3.18. The summed E-state index contributed by atoms with van der Waals surface area (Å²) >= 11 is 3.40. The highest BCUT2D eigenvalue weighted by Gasteiger charge is 2.29. The van der Waals surface area contributed by atoms with Crippen molar-refractivity contribution in [1.29, 1.82) is 0 Å². The smallest absolute Gasteiger partial charge is 0.252 e. The molecule has 5 nitrogen and oxygen atoms in total. The van der Waals surface area contributed by atoms with Crippen molar-refractivity contribution >= 4 is 39.9 Å². The fourth-order valence-electron chi connectivity index (χ4n) is 3.83. The van der Waals surface area contributed by atoms with E-state index in [1.807, 2.05) is 19.0 Å². The molecule has 2 aromatic heterocycles. The number of benzene rings is 1. The van der Waals surface area contributed by atoms with E-state index in [4.69, 9.17) is 9.72 Å². The third-order valence-electron chi connectivity index (χ3n) is 5.55. The standard InChI is InChI=1S/C24H29N3O2S2/c1-26(2)10-11-27(24(28)21-6-4-12-29-21)16-18-14-17-8-9-19(30-3)15-20(17)25-23(18)22-7-5-13-31-22/h5,7-9,13-15,21H,4,6,10-12,16H2,1-3H3. The first-order chi connectivity index (χ1) is 15.0. The van der Waals surface area contributed by atoms with Crippen molar-refractivity contribution in [1.82, 2.24) is 14.8 Å². The first-order valence-corrected chi connectivity index (χ1v) is 12.7. The molecule has 1 saturated heterocycles. The Morgan fingerprint density at radius 3 is 2.81 bits per heavy atom. The number of thioether (sulfide) groups is 1. The molecule has 0 aliphatic carbocycles. The maximum atomic E-state index is 13.3. The van der Waals surface area contributed by atoms with Crippen molar-refractivity contribution in [3.63, 3.8) is 0 Å². The van der Waals surface area contributed by atoms with Crippen LogP contribution >= 0.6 is 23.1 Å². The van der Waals surface area contributed by atoms with Gasteiger partial charge in [0.25, 0.3) is 5.91 Å². The Morgan fingerprint density at radius 2 is 2.13 bits per heavy atom. The molecule has 0 saturated carbocycles. The molecule has 1 fully saturated rings. The Morgan fingerprint density at radius 1 is 1.26 bits per heavy atom. The number of fused-ring (bicyclic) bond motifs is 1. The maximum Gasteiger partial charge on any atom is 0.252 e. The molecule has 1 aromatic carbocycles. The van der Waals surface area contributed by atoms with Crippen LogP contribution in [0.15, 0.2) is 46.7 Å². The van der Waals surface area contributed by atoms with Crippen LogP contribution in [0, 0.1) is 0 Å². The van der Waals surface area contributed by atoms with Gasteiger partial charge in [-0.15, -0.1) is 23.1 Å². The van der Waals surface area contributed by atoms with Gasteiger partial charge in [0.1, 0.15) is 6.10 Å². The topological polar surface area (TPSA) is 45.7 Å². The van der Waals surface area contributed by atoms with Crippen LogP contribution in [0.2, 0.25) is 0 Å². The zero-order valence-electron chi connectivity index (χ0n) is 18.3. The highest BCUT2D eigenvalue weighted by molar-refractivity contribution is 7.98. The Bertz CT molecular complexity index is 1030. The third kappa shape index (κ3) is 5.29. The number of likely N-dealkylation sites (N-methyl/N-ethyl adjacent to an activating group) is 1. The number of rotatable bonds is 8. The van der Waals surface area contributed by atoms with E-state index in [2.05, 4.69) is 52.9 Å². The monoisotopic (exact) mass is 455 g/mol. The summed E-state index contributed by atoms with van der Waals surface area (Å²) in [6, 6.07) is 12.8. The summed E-state index contributed by atoms with van der Waals surface area (Å²) in [4.78, 5) is 24.7. The van der Waals surface area contributed by atoms with Crippen LogP contribution in [-0.4, -0.2) is 66.8 Å². The molecule has 1 atom stereocenters. The summed E-state index contributed by atoms with van der Waals surface area (Å²) in [5.74, 6) is 0.0920. The Labute approximate surface area is 192 Å². The molecule has 3 aromatic rings. The number of carbonyl (C=O) groups is 1. The van der Waals surface area contributed by atoms with Crippen molar-refractivity contribution < 1.29 is 9.53 Å². The van der Waals surface area contributed by atoms with Crippen LogP contribution in [0.25, 0.3) is 21.5 Å². The van der Waals surface area contributed by atoms with Crippen molar-refractivity contribution in [3.8, 4) is 10.6 Å². The van der Waals surface area contributed by atoms with Crippen molar-refractivity contribution in [3.05, 3.63) is 47.3 Å². The van der Waals surface area contributed by atoms with Gasteiger partial charge in [0.05, 0.1) is 16.1 Å². The molecule has 0 N–H and O–H groups in total. The van der Waals surface area contributed by atoms with Gasteiger partial charge in [-0.3, -0.25) is 4.79 Å². The van der Waals surface area contributed by atoms with E-state index in [1.165, 1.54) is 4.90 Å². The Balaban J connectivity index is 1.72. The van der Waals surface area contributed by atoms with E-state index in [1.54, 1.807) is 23.1 Å². The molecule has 164 valence electrons. The van der Waals surface area contributed by atoms with Crippen LogP contribution in [0.5, 0.6) is 0 Å². The number of carbonyl (C=O) groups excluding carboxylic acids is 1. The molecule has 1 aliphatic rings. The molecular formula is C24H29N3O2S2. The second-order valence-electron chi connectivity index (χ2n) is 8.10. The lowest BCUT2D eigenvalue weighted by Gasteiger charge is -2.27. The molecule has 31 heavy (non-hydrogen) atoms. The fourth-order valence-corrected chi connectivity index (χ4v) is 5.02. The summed E-state index contributed by atoms with van der Waals surface area (Å²) in [5.41, 5.74) is 3.04. The molecule has 0 bridgehead atoms. The lowest BCUT2D eigenvalue weighted by molar-refractivity contribution is -0.141. The minimum atomic E-state index is -0.315. The Hall–Kier alpha value is -1.93. The quantitative estimate of drug-likeness (QED) is 0.459. The van der Waals surface area contributed by atoms with Crippen molar-refractivity contribution in [2.24, 2.45) is 0 Å². The summed E-state index contributed by atoms with van der Waals surface area (Å²) < 4.78 is 5.72. The Kier molecular flexibility index (Phi) is 7.27. The molecule has 1 unspecified atom stereocenters. The van der Waals surface area contributed by atoms with Gasteiger partial charge in [-0.25, -0.2) is 4.98 Å². The molecule has 1 aliphatic heterocycles. The number of thiophene rings is 1. The van der Waals surface area contributed by atoms with Crippen LogP contribution in [0.1, 0.15) is 18.4 Å². The van der Waals surface area contributed by atoms with E-state index >= 15 is 0 Å². The average Bonchev–Trinajstić information content (AvgIpc) is 3.49. The number of hydrogen-bond donors (Lipinski definition) is 0. The van der Waals surface area contributed by atoms with E-state index in [9.17, 15) is 4.79 Å². The molecule has 4 rings (SSSR count). The number of pyridine rings is 1. The SMILES string of the molecule is CSc1ccc2cc(CN(CCN(C)C)C(=O)C3CCCO3)c(-c3cccs3)nc2c1. The van der Waals surface area contributed by atoms with Crippen LogP contribution in [0.4, 0.5) is 0 Å². The van der Waals surface area contributed by atoms with Gasteiger partial charge < -0.3 is 14.5 Å². The van der Waals surface area contributed by atoms with Gasteiger partial charge in [-0.1, -0.05) is 12.1 Å². The third-order valence-corrected chi connectivity index (χ3v) is 7.16. The molecule has 0 radical (unpaired) electrons. The minimum Gasteiger partial charge on any atom is -0.368 e. The highest BCUT2D eigenvalue weighted by atomic mass is 32.2. The normalized spacial score (nSPS) is 16.3. The van der Waals surface area contributed by atoms with Crippen molar-refractivity contribution in [2.75, 3.05) is 40.0 Å². The maximum absolute atomic E-state index is 13.3. The summed E-state index contributed by atoms with van der Waals surface area (Å²) in [6.45, 7) is 2.69. The predicted molar refractivity (Wildman–Crippen MR) is 130 cm³/mol. The van der Waals surface area contributed by atoms with E-state index in [0.717, 1.165) is 46.4 Å². The van der Waals surface area contributed by atoms with Gasteiger partial charge in [0.15, 0.2) is 0 Å². The summed E-state index contributed by atoms with van der Waals surface area (Å²) in [6.07, 6.45) is 3.52. The molecular weight excluding hydrogens is 426 g/mol. The van der Waals surface area contributed by atoms with Gasteiger partial charge >= 0.3 is 0 Å². The van der Waals surface area contributed by atoms with Crippen LogP contribution in [0.3, 0.4) is 0 Å². The van der Waals surface area contributed by atoms with Crippen LogP contribution < -0.4 is 0 Å². The number of hydrogen-bond acceptors (Lipinski definition) is 6. The first kappa shape index (κ1) is 22.3. The fraction of sp³-hybridized carbons (Fsp3) is 0.417. The number of aromatic nitrogens is 1. The molecule has 0 spiro atoms. The lowest BCUT2D eigenvalue weighted by atomic mass is 10.1. The number of nitrogens with zero attached hydrogens (tertiary/aromatic N) is 3. The molecule has 3 heterocycles. The second-order valence-corrected chi connectivity index (χ2v) is 9.92. The zero-order chi connectivity index (χ0) is 21.8. The minimum absolute atomic E-state index is 0.0920. The van der Waals surface area contributed by atoms with Gasteiger partial charge in [0, 0.05) is 36.5 Å². The lowest BCUT2D eigenvalue weighted by Crippen LogP contribution is -2.42. The number of ether oxygens (including phenoxy) is 1. The number of amides is 1. The second kappa shape index (κ2) is 10.1. The van der Waals surface area contributed by atoms with Gasteiger partial charge in [-0.05, 0) is 68.4 Å². The predicted octanol–water partition coefficient (Wildman–Crippen LogP) is 4.75. The molecule has 1 amide bonds. The van der Waals surface area contributed by atoms with Crippen LogP contribution in [-0.2, 0) is 16.1 Å². The summed E-state index contributed by atoms with van der Waals surface area (Å²) in [7, 11) is 4.07. The van der Waals surface area contributed by atoms with E-state index < -0.39 is 0 Å². The molecule has 7 heteroatoms. The van der Waals surface area contributed by atoms with Gasteiger partial charge in [-0.2, -0.15) is 0 Å². The van der Waals surface area contributed by atoms with Gasteiger partial charge in [0.2, 0.25) is 0 Å². The van der Waals surface area contributed by atoms with E-state index in [0.29, 0.717) is 19.7 Å². The first-order valence-electron chi connectivity index (χ1n) is 10.6. The van der Waals surface area contributed by atoms with E-state index in [-0.39, 0.29) is 12.0 Å². The highest BCUT2D eigenvalue weighted by Crippen LogP contribution is 2.31. The van der Waals surface area contributed by atoms with Crippen molar-refractivity contribution in [2.45, 2.75) is 30.4 Å². The zero-order valence-corrected chi connectivity index (χ0v) is 20.0. The largest absolute Gasteiger partial charge is 0.368 e. The average molecular weight is 456 g/mol.